The number of hydrogen-bond acceptors (Lipinski definition) is 4. The number of carboxylic acids is 1. The maximum Gasteiger partial charge on any atom is 0.328 e. The van der Waals surface area contributed by atoms with Crippen LogP contribution in [0.5, 0.6) is 0 Å². The molecule has 0 aliphatic carbocycles. The summed E-state index contributed by atoms with van der Waals surface area (Å²) in [6.07, 6.45) is 0. The molecule has 0 saturated heterocycles. The summed E-state index contributed by atoms with van der Waals surface area (Å²) in [4.78, 5) is 23.7. The molecule has 0 saturated carbocycles. The van der Waals surface area contributed by atoms with Crippen molar-refractivity contribution in [3.63, 3.8) is 0 Å². The van der Waals surface area contributed by atoms with Crippen molar-refractivity contribution in [1.82, 2.24) is 15.5 Å². The Morgan fingerprint density at radius 1 is 1.44 bits per heavy atom. The zero-order valence-electron chi connectivity index (χ0n) is 9.56. The summed E-state index contributed by atoms with van der Waals surface area (Å²) < 4.78 is 0. The van der Waals surface area contributed by atoms with Crippen molar-refractivity contribution >= 4 is 12.0 Å². The van der Waals surface area contributed by atoms with Gasteiger partial charge < -0.3 is 25.7 Å². The smallest absolute Gasteiger partial charge is 0.328 e. The molecule has 94 valence electrons. The van der Waals surface area contributed by atoms with Crippen molar-refractivity contribution in [2.24, 2.45) is 0 Å². The molecule has 0 radical (unpaired) electrons. The third kappa shape index (κ3) is 6.20. The number of rotatable bonds is 7. The van der Waals surface area contributed by atoms with Gasteiger partial charge in [-0.25, -0.2) is 9.59 Å². The Labute approximate surface area is 94.4 Å². The lowest BCUT2D eigenvalue weighted by molar-refractivity contribution is -0.140. The molecule has 1 atom stereocenters. The average molecular weight is 233 g/mol. The predicted octanol–water partition coefficient (Wildman–Crippen LogP) is -1.32. The Kier molecular flexibility index (Phi) is 7.23. The van der Waals surface area contributed by atoms with E-state index < -0.39 is 24.6 Å². The van der Waals surface area contributed by atoms with Crippen molar-refractivity contribution in [3.05, 3.63) is 0 Å². The van der Waals surface area contributed by atoms with Crippen LogP contribution < -0.4 is 10.6 Å². The molecule has 16 heavy (non-hydrogen) atoms. The van der Waals surface area contributed by atoms with E-state index in [1.165, 1.54) is 0 Å². The van der Waals surface area contributed by atoms with Crippen LogP contribution in [0.4, 0.5) is 4.79 Å². The first-order chi connectivity index (χ1) is 7.51. The number of urea groups is 1. The van der Waals surface area contributed by atoms with Gasteiger partial charge in [-0.1, -0.05) is 6.92 Å². The number of amides is 2. The molecule has 0 fully saturated rings. The molecule has 0 rings (SSSR count). The van der Waals surface area contributed by atoms with E-state index in [4.69, 9.17) is 10.2 Å². The Bertz CT molecular complexity index is 235. The van der Waals surface area contributed by atoms with Crippen LogP contribution in [0.3, 0.4) is 0 Å². The summed E-state index contributed by atoms with van der Waals surface area (Å²) in [6.45, 7) is 3.34. The van der Waals surface area contributed by atoms with Gasteiger partial charge in [0.2, 0.25) is 0 Å². The second-order valence-corrected chi connectivity index (χ2v) is 3.37. The zero-order chi connectivity index (χ0) is 12.6. The van der Waals surface area contributed by atoms with Crippen LogP contribution in [0.2, 0.25) is 0 Å². The lowest BCUT2D eigenvalue weighted by atomic mass is 10.3. The quantitative estimate of drug-likeness (QED) is 0.437. The van der Waals surface area contributed by atoms with E-state index in [2.05, 4.69) is 10.6 Å². The highest BCUT2D eigenvalue weighted by molar-refractivity contribution is 5.82. The van der Waals surface area contributed by atoms with Crippen molar-refractivity contribution in [1.29, 1.82) is 0 Å². The first-order valence-electron chi connectivity index (χ1n) is 5.07. The van der Waals surface area contributed by atoms with Gasteiger partial charge in [0.15, 0.2) is 6.04 Å². The summed E-state index contributed by atoms with van der Waals surface area (Å²) >= 11 is 0. The summed E-state index contributed by atoms with van der Waals surface area (Å²) in [5, 5.41) is 21.9. The van der Waals surface area contributed by atoms with E-state index in [1.54, 1.807) is 0 Å². The van der Waals surface area contributed by atoms with Crippen LogP contribution in [0.15, 0.2) is 0 Å². The fourth-order valence-corrected chi connectivity index (χ4v) is 0.913. The Morgan fingerprint density at radius 2 is 2.06 bits per heavy atom. The highest BCUT2D eigenvalue weighted by Gasteiger charge is 2.17. The molecule has 0 spiro atoms. The third-order valence-corrected chi connectivity index (χ3v) is 2.10. The highest BCUT2D eigenvalue weighted by atomic mass is 16.4. The molecule has 0 bridgehead atoms. The minimum atomic E-state index is -1.26. The van der Waals surface area contributed by atoms with Crippen molar-refractivity contribution in [2.75, 3.05) is 33.3 Å². The Balaban J connectivity index is 3.77. The molecular weight excluding hydrogens is 214 g/mol. The molecule has 0 aromatic carbocycles. The van der Waals surface area contributed by atoms with E-state index in [1.807, 2.05) is 18.9 Å². The van der Waals surface area contributed by atoms with Gasteiger partial charge >= 0.3 is 12.0 Å². The Hall–Kier alpha value is -1.34. The number of nitrogens with one attached hydrogen (secondary N) is 2. The van der Waals surface area contributed by atoms with Gasteiger partial charge in [0.25, 0.3) is 0 Å². The van der Waals surface area contributed by atoms with Crippen LogP contribution in [0, 0.1) is 0 Å². The molecule has 0 heterocycles. The van der Waals surface area contributed by atoms with Crippen LogP contribution in [-0.4, -0.2) is 66.4 Å². The number of carbonyl (C=O) groups is 2. The lowest BCUT2D eigenvalue weighted by Crippen LogP contribution is -2.49. The summed E-state index contributed by atoms with van der Waals surface area (Å²) in [7, 11) is 1.91. The highest BCUT2D eigenvalue weighted by Crippen LogP contribution is 1.83. The molecule has 7 heteroatoms. The van der Waals surface area contributed by atoms with E-state index >= 15 is 0 Å². The molecule has 0 aromatic rings. The van der Waals surface area contributed by atoms with Crippen LogP contribution in [0.1, 0.15) is 6.92 Å². The molecule has 2 amide bonds. The molecule has 0 aliphatic rings. The number of aliphatic hydroxyl groups is 1. The zero-order valence-corrected chi connectivity index (χ0v) is 9.56. The van der Waals surface area contributed by atoms with E-state index in [-0.39, 0.29) is 0 Å². The summed E-state index contributed by atoms with van der Waals surface area (Å²) in [6, 6.07) is -1.85. The van der Waals surface area contributed by atoms with E-state index in [9.17, 15) is 9.59 Å². The molecule has 7 nitrogen and oxygen atoms in total. The minimum Gasteiger partial charge on any atom is -0.480 e. The maximum atomic E-state index is 11.2. The number of aliphatic hydroxyl groups excluding tert-OH is 1. The third-order valence-electron chi connectivity index (χ3n) is 2.10. The number of nitrogens with zero attached hydrogens (tertiary/aromatic N) is 1. The normalized spacial score (nSPS) is 12.2. The van der Waals surface area contributed by atoms with Gasteiger partial charge in [-0.3, -0.25) is 0 Å². The van der Waals surface area contributed by atoms with Crippen LogP contribution in [-0.2, 0) is 4.79 Å². The Morgan fingerprint density at radius 3 is 2.50 bits per heavy atom. The number of carbonyl (C=O) groups excluding carboxylic acids is 1. The van der Waals surface area contributed by atoms with Crippen molar-refractivity contribution < 1.29 is 19.8 Å². The van der Waals surface area contributed by atoms with Gasteiger partial charge in [-0.15, -0.1) is 0 Å². The SMILES string of the molecule is CCN(C)CCNC(=O)N[C@H](CO)C(=O)O. The summed E-state index contributed by atoms with van der Waals surface area (Å²) in [5.74, 6) is -1.26. The van der Waals surface area contributed by atoms with Gasteiger partial charge in [-0.05, 0) is 13.6 Å². The topological polar surface area (TPSA) is 102 Å². The molecule has 0 aromatic heterocycles. The van der Waals surface area contributed by atoms with Crippen LogP contribution in [0.25, 0.3) is 0 Å². The fourth-order valence-electron chi connectivity index (χ4n) is 0.913. The molecular formula is C9H19N3O4. The lowest BCUT2D eigenvalue weighted by Gasteiger charge is -2.16. The van der Waals surface area contributed by atoms with Gasteiger partial charge in [0.1, 0.15) is 0 Å². The number of likely N-dealkylation sites (N-methyl/N-ethyl adjacent to an activating group) is 1. The van der Waals surface area contributed by atoms with Crippen LogP contribution >= 0.6 is 0 Å². The first-order valence-corrected chi connectivity index (χ1v) is 5.07. The van der Waals surface area contributed by atoms with Crippen molar-refractivity contribution in [2.45, 2.75) is 13.0 Å². The summed E-state index contributed by atoms with van der Waals surface area (Å²) in [5.41, 5.74) is 0. The van der Waals surface area contributed by atoms with E-state index in [0.29, 0.717) is 13.1 Å². The van der Waals surface area contributed by atoms with Gasteiger partial charge in [-0.2, -0.15) is 0 Å². The second-order valence-electron chi connectivity index (χ2n) is 3.37. The second kappa shape index (κ2) is 7.89. The van der Waals surface area contributed by atoms with Gasteiger partial charge in [0.05, 0.1) is 6.61 Å². The molecule has 4 N–H and O–H groups in total. The van der Waals surface area contributed by atoms with E-state index in [0.717, 1.165) is 6.54 Å². The minimum absolute atomic E-state index is 0.425. The molecule has 0 aliphatic heterocycles. The standard InChI is InChI=1S/C9H19N3O4/c1-3-12(2)5-4-10-9(16)11-7(6-13)8(14)15/h7,13H,3-6H2,1-2H3,(H,14,15)(H2,10,11,16)/t7-/m1/s1. The first kappa shape index (κ1) is 14.7. The maximum absolute atomic E-state index is 11.2. The number of carboxylic acid groups (broad SMARTS) is 1. The average Bonchev–Trinajstić information content (AvgIpc) is 2.25. The molecule has 0 unspecified atom stereocenters. The number of aliphatic carboxylic acids is 1. The number of hydrogen-bond donors (Lipinski definition) is 4. The fraction of sp³-hybridized carbons (Fsp3) is 0.778. The predicted molar refractivity (Wildman–Crippen MR) is 58.2 cm³/mol. The van der Waals surface area contributed by atoms with Gasteiger partial charge in [0, 0.05) is 13.1 Å². The van der Waals surface area contributed by atoms with Crippen molar-refractivity contribution in [3.8, 4) is 0 Å². The monoisotopic (exact) mass is 233 g/mol. The largest absolute Gasteiger partial charge is 0.480 e.